The average molecular weight is 382 g/mol. The van der Waals surface area contributed by atoms with Crippen molar-refractivity contribution in [1.82, 2.24) is 0 Å². The van der Waals surface area contributed by atoms with Crippen molar-refractivity contribution < 1.29 is 14.6 Å². The van der Waals surface area contributed by atoms with Crippen molar-refractivity contribution in [2.75, 3.05) is 6.61 Å². The number of fused-ring (bicyclic) bond motifs is 1. The Morgan fingerprint density at radius 3 is 2.34 bits per heavy atom. The van der Waals surface area contributed by atoms with Crippen molar-refractivity contribution in [2.24, 2.45) is 0 Å². The number of rotatable bonds is 6. The first-order valence-corrected chi connectivity index (χ1v) is 9.61. The van der Waals surface area contributed by atoms with Crippen molar-refractivity contribution in [2.45, 2.75) is 13.3 Å². The first kappa shape index (κ1) is 18.8. The van der Waals surface area contributed by atoms with E-state index in [1.54, 1.807) is 0 Å². The number of carboxylic acids is 1. The number of carboxylic acid groups (broad SMARTS) is 1. The first-order valence-electron chi connectivity index (χ1n) is 9.61. The number of hydrogen-bond acceptors (Lipinski definition) is 2. The molecule has 0 unspecified atom stereocenters. The lowest BCUT2D eigenvalue weighted by Crippen LogP contribution is -2.10. The zero-order valence-electron chi connectivity index (χ0n) is 16.3. The van der Waals surface area contributed by atoms with Crippen LogP contribution in [0, 0.1) is 6.92 Å². The van der Waals surface area contributed by atoms with Crippen molar-refractivity contribution in [1.29, 1.82) is 0 Å². The Hall–Kier alpha value is -3.59. The molecule has 4 aromatic carbocycles. The van der Waals surface area contributed by atoms with Crippen LogP contribution in [0.15, 0.2) is 84.9 Å². The van der Waals surface area contributed by atoms with E-state index < -0.39 is 5.97 Å². The van der Waals surface area contributed by atoms with Gasteiger partial charge in [-0.1, -0.05) is 78.4 Å². The smallest absolute Gasteiger partial charge is 0.341 e. The number of carbonyl (C=O) groups is 1. The highest BCUT2D eigenvalue weighted by molar-refractivity contribution is 5.86. The number of ether oxygens (including phenoxy) is 1. The Morgan fingerprint density at radius 1 is 0.828 bits per heavy atom. The van der Waals surface area contributed by atoms with E-state index in [1.807, 2.05) is 24.3 Å². The monoisotopic (exact) mass is 382 g/mol. The normalized spacial score (nSPS) is 10.8. The Labute approximate surface area is 170 Å². The minimum absolute atomic E-state index is 0.355. The fourth-order valence-corrected chi connectivity index (χ4v) is 3.58. The summed E-state index contributed by atoms with van der Waals surface area (Å²) in [6.07, 6.45) is 0.663. The summed E-state index contributed by atoms with van der Waals surface area (Å²) in [5.41, 5.74) is 5.58. The van der Waals surface area contributed by atoms with Crippen molar-refractivity contribution in [3.8, 4) is 16.9 Å². The molecule has 3 heteroatoms. The molecule has 4 rings (SSSR count). The third kappa shape index (κ3) is 4.30. The third-order valence-electron chi connectivity index (χ3n) is 5.06. The summed E-state index contributed by atoms with van der Waals surface area (Å²) in [5.74, 6) is -0.375. The van der Waals surface area contributed by atoms with Crippen LogP contribution in [0.3, 0.4) is 0 Å². The van der Waals surface area contributed by atoms with Gasteiger partial charge < -0.3 is 9.84 Å². The lowest BCUT2D eigenvalue weighted by Gasteiger charge is -2.14. The zero-order chi connectivity index (χ0) is 20.2. The summed E-state index contributed by atoms with van der Waals surface area (Å²) >= 11 is 0. The van der Waals surface area contributed by atoms with E-state index in [1.165, 1.54) is 21.9 Å². The highest BCUT2D eigenvalue weighted by atomic mass is 16.5. The van der Waals surface area contributed by atoms with Gasteiger partial charge in [0.15, 0.2) is 6.61 Å². The molecule has 0 radical (unpaired) electrons. The average Bonchev–Trinajstić information content (AvgIpc) is 2.73. The highest BCUT2D eigenvalue weighted by Crippen LogP contribution is 2.30. The quantitative estimate of drug-likeness (QED) is 0.454. The molecule has 0 aliphatic carbocycles. The van der Waals surface area contributed by atoms with Gasteiger partial charge in [-0.25, -0.2) is 4.79 Å². The Bertz CT molecular complexity index is 1150. The van der Waals surface area contributed by atoms with Gasteiger partial charge in [0.25, 0.3) is 0 Å². The number of aliphatic carboxylic acids is 1. The van der Waals surface area contributed by atoms with Gasteiger partial charge in [0.05, 0.1) is 0 Å². The van der Waals surface area contributed by atoms with Gasteiger partial charge in [0.2, 0.25) is 0 Å². The lowest BCUT2D eigenvalue weighted by molar-refractivity contribution is -0.139. The van der Waals surface area contributed by atoms with Gasteiger partial charge in [-0.3, -0.25) is 0 Å². The van der Waals surface area contributed by atoms with E-state index >= 15 is 0 Å². The van der Waals surface area contributed by atoms with E-state index in [4.69, 9.17) is 9.84 Å². The Balaban J connectivity index is 1.76. The molecule has 3 nitrogen and oxygen atoms in total. The minimum atomic E-state index is -0.983. The van der Waals surface area contributed by atoms with Gasteiger partial charge in [0.1, 0.15) is 5.75 Å². The van der Waals surface area contributed by atoms with Gasteiger partial charge in [-0.05, 0) is 52.1 Å². The predicted octanol–water partition coefficient (Wildman–Crippen LogP) is 5.87. The fourth-order valence-electron chi connectivity index (χ4n) is 3.58. The van der Waals surface area contributed by atoms with Crippen molar-refractivity contribution in [3.63, 3.8) is 0 Å². The van der Waals surface area contributed by atoms with Gasteiger partial charge in [0, 0.05) is 6.42 Å². The van der Waals surface area contributed by atoms with Gasteiger partial charge in [-0.2, -0.15) is 0 Å². The molecule has 0 aliphatic rings. The maximum Gasteiger partial charge on any atom is 0.341 e. The molecule has 0 aromatic heterocycles. The van der Waals surface area contributed by atoms with E-state index in [9.17, 15) is 4.79 Å². The van der Waals surface area contributed by atoms with E-state index in [-0.39, 0.29) is 6.61 Å². The lowest BCUT2D eigenvalue weighted by atomic mass is 9.95. The number of hydrogen-bond donors (Lipinski definition) is 1. The second kappa shape index (κ2) is 8.19. The van der Waals surface area contributed by atoms with Crippen LogP contribution in [0.5, 0.6) is 5.75 Å². The van der Waals surface area contributed by atoms with Crippen LogP contribution in [-0.4, -0.2) is 17.7 Å². The molecule has 4 aromatic rings. The molecule has 0 amide bonds. The SMILES string of the molecule is Cc1ccc(-c2ccc(OCC(=O)O)c(Cc3cccc4ccccc34)c2)cc1. The van der Waals surface area contributed by atoms with Crippen LogP contribution in [0.25, 0.3) is 21.9 Å². The largest absolute Gasteiger partial charge is 0.482 e. The molecule has 0 heterocycles. The fraction of sp³-hybridized carbons (Fsp3) is 0.115. The van der Waals surface area contributed by atoms with Crippen LogP contribution in [0.1, 0.15) is 16.7 Å². The molecule has 0 saturated heterocycles. The standard InChI is InChI=1S/C26H22O3/c1-18-9-11-19(12-10-18)21-13-14-25(29-17-26(27)28)23(15-21)16-22-7-4-6-20-5-2-3-8-24(20)22/h2-15H,16-17H2,1H3,(H,27,28). The van der Waals surface area contributed by atoms with Crippen LogP contribution in [0.2, 0.25) is 0 Å². The molecule has 1 N–H and O–H groups in total. The van der Waals surface area contributed by atoms with E-state index in [0.717, 1.165) is 16.7 Å². The molecular formula is C26H22O3. The molecule has 0 fully saturated rings. The second-order valence-electron chi connectivity index (χ2n) is 7.19. The molecule has 29 heavy (non-hydrogen) atoms. The van der Waals surface area contributed by atoms with Gasteiger partial charge in [-0.15, -0.1) is 0 Å². The number of benzene rings is 4. The van der Waals surface area contributed by atoms with Crippen LogP contribution in [-0.2, 0) is 11.2 Å². The summed E-state index contributed by atoms with van der Waals surface area (Å²) < 4.78 is 5.59. The minimum Gasteiger partial charge on any atom is -0.482 e. The van der Waals surface area contributed by atoms with Gasteiger partial charge >= 0.3 is 5.97 Å². The second-order valence-corrected chi connectivity index (χ2v) is 7.19. The molecule has 0 spiro atoms. The topological polar surface area (TPSA) is 46.5 Å². The molecule has 0 atom stereocenters. The maximum absolute atomic E-state index is 11.0. The highest BCUT2D eigenvalue weighted by Gasteiger charge is 2.11. The summed E-state index contributed by atoms with van der Waals surface area (Å²) in [5, 5.41) is 11.4. The Morgan fingerprint density at radius 2 is 1.55 bits per heavy atom. The summed E-state index contributed by atoms with van der Waals surface area (Å²) in [6.45, 7) is 1.71. The van der Waals surface area contributed by atoms with Crippen LogP contribution >= 0.6 is 0 Å². The third-order valence-corrected chi connectivity index (χ3v) is 5.06. The molecule has 144 valence electrons. The predicted molar refractivity (Wildman–Crippen MR) is 116 cm³/mol. The molecule has 0 bridgehead atoms. The molecular weight excluding hydrogens is 360 g/mol. The summed E-state index contributed by atoms with van der Waals surface area (Å²) in [4.78, 5) is 11.0. The maximum atomic E-state index is 11.0. The zero-order valence-corrected chi connectivity index (χ0v) is 16.3. The van der Waals surface area contributed by atoms with Crippen LogP contribution in [0.4, 0.5) is 0 Å². The van der Waals surface area contributed by atoms with E-state index in [2.05, 4.69) is 67.6 Å². The molecule has 0 aliphatic heterocycles. The van der Waals surface area contributed by atoms with Crippen molar-refractivity contribution >= 4 is 16.7 Å². The Kier molecular flexibility index (Phi) is 5.30. The van der Waals surface area contributed by atoms with Crippen LogP contribution < -0.4 is 4.74 Å². The van der Waals surface area contributed by atoms with E-state index in [0.29, 0.717) is 12.2 Å². The first-order chi connectivity index (χ1) is 14.1. The van der Waals surface area contributed by atoms with Crippen molar-refractivity contribution in [3.05, 3.63) is 102 Å². The number of aryl methyl sites for hydroxylation is 1. The molecule has 0 saturated carbocycles. The summed E-state index contributed by atoms with van der Waals surface area (Å²) in [7, 11) is 0. The summed E-state index contributed by atoms with van der Waals surface area (Å²) in [6, 6.07) is 28.9.